The fourth-order valence-electron chi connectivity index (χ4n) is 1.82. The van der Waals surface area contributed by atoms with Crippen LogP contribution in [0.1, 0.15) is 18.6 Å². The van der Waals surface area contributed by atoms with Crippen molar-refractivity contribution in [1.29, 1.82) is 0 Å². The van der Waals surface area contributed by atoms with Gasteiger partial charge in [-0.05, 0) is 12.0 Å². The van der Waals surface area contributed by atoms with Crippen LogP contribution < -0.4 is 5.32 Å². The van der Waals surface area contributed by atoms with Gasteiger partial charge in [0.25, 0.3) is 0 Å². The lowest BCUT2D eigenvalue weighted by atomic mass is 10.1. The van der Waals surface area contributed by atoms with Crippen LogP contribution in [-0.4, -0.2) is 19.7 Å². The Morgan fingerprint density at radius 3 is 2.88 bits per heavy atom. The van der Waals surface area contributed by atoms with Crippen molar-refractivity contribution < 1.29 is 13.5 Å². The molecule has 0 spiro atoms. The average molecular weight is 227 g/mol. The molecule has 2 atom stereocenters. The van der Waals surface area contributed by atoms with Crippen LogP contribution in [0, 0.1) is 17.6 Å². The fraction of sp³-hybridized carbons (Fsp3) is 0.500. The molecule has 1 N–H and O–H groups in total. The molecule has 1 aliphatic heterocycles. The molecule has 2 unspecified atom stereocenters. The van der Waals surface area contributed by atoms with Gasteiger partial charge in [-0.3, -0.25) is 0 Å². The summed E-state index contributed by atoms with van der Waals surface area (Å²) in [5.74, 6) is -0.689. The number of ether oxygens (including phenoxy) is 1. The summed E-state index contributed by atoms with van der Waals surface area (Å²) in [4.78, 5) is 0. The summed E-state index contributed by atoms with van der Waals surface area (Å²) < 4.78 is 31.9. The highest BCUT2D eigenvalue weighted by molar-refractivity contribution is 5.21. The zero-order valence-electron chi connectivity index (χ0n) is 9.17. The molecule has 0 saturated carbocycles. The second-order valence-electron chi connectivity index (χ2n) is 4.25. The van der Waals surface area contributed by atoms with E-state index in [0.29, 0.717) is 24.6 Å². The van der Waals surface area contributed by atoms with Crippen molar-refractivity contribution in [2.45, 2.75) is 13.0 Å². The minimum Gasteiger partial charge on any atom is -0.372 e. The van der Waals surface area contributed by atoms with Gasteiger partial charge in [0.05, 0.1) is 12.7 Å². The monoisotopic (exact) mass is 227 g/mol. The molecule has 16 heavy (non-hydrogen) atoms. The minimum atomic E-state index is -0.559. The Hall–Kier alpha value is -1.00. The molecule has 0 amide bonds. The van der Waals surface area contributed by atoms with E-state index < -0.39 is 11.6 Å². The molecule has 1 heterocycles. The van der Waals surface area contributed by atoms with Crippen LogP contribution in [0.4, 0.5) is 8.78 Å². The van der Waals surface area contributed by atoms with Gasteiger partial charge in [0, 0.05) is 24.7 Å². The van der Waals surface area contributed by atoms with E-state index in [1.165, 1.54) is 12.1 Å². The normalized spacial score (nSPS) is 26.4. The Morgan fingerprint density at radius 1 is 1.31 bits per heavy atom. The molecule has 0 radical (unpaired) electrons. The first kappa shape index (κ1) is 11.5. The van der Waals surface area contributed by atoms with E-state index in [0.717, 1.165) is 12.6 Å². The van der Waals surface area contributed by atoms with Gasteiger partial charge in [0.1, 0.15) is 11.6 Å². The van der Waals surface area contributed by atoms with Crippen LogP contribution in [0.3, 0.4) is 0 Å². The van der Waals surface area contributed by atoms with E-state index in [1.807, 2.05) is 0 Å². The van der Waals surface area contributed by atoms with Gasteiger partial charge in [-0.15, -0.1) is 0 Å². The molecule has 88 valence electrons. The molecule has 1 saturated heterocycles. The Morgan fingerprint density at radius 2 is 2.12 bits per heavy atom. The van der Waals surface area contributed by atoms with E-state index in [9.17, 15) is 8.78 Å². The summed E-state index contributed by atoms with van der Waals surface area (Å²) in [5.41, 5.74) is 0.419. The molecular weight excluding hydrogens is 212 g/mol. The summed E-state index contributed by atoms with van der Waals surface area (Å²) in [6.07, 6.45) is -0.328. The van der Waals surface area contributed by atoms with Gasteiger partial charge >= 0.3 is 0 Å². The highest BCUT2D eigenvalue weighted by atomic mass is 19.1. The van der Waals surface area contributed by atoms with Gasteiger partial charge < -0.3 is 10.1 Å². The number of benzene rings is 1. The van der Waals surface area contributed by atoms with Crippen LogP contribution in [-0.2, 0) is 4.74 Å². The lowest BCUT2D eigenvalue weighted by Gasteiger charge is -2.16. The number of nitrogens with one attached hydrogen (secondary N) is 1. The fourth-order valence-corrected chi connectivity index (χ4v) is 1.82. The van der Waals surface area contributed by atoms with Gasteiger partial charge in [-0.2, -0.15) is 0 Å². The van der Waals surface area contributed by atoms with Crippen LogP contribution in [0.25, 0.3) is 0 Å². The molecule has 0 aliphatic carbocycles. The zero-order chi connectivity index (χ0) is 11.5. The van der Waals surface area contributed by atoms with Gasteiger partial charge in [-0.1, -0.05) is 13.0 Å². The van der Waals surface area contributed by atoms with Crippen LogP contribution in [0.5, 0.6) is 0 Å². The van der Waals surface area contributed by atoms with Crippen LogP contribution in [0.2, 0.25) is 0 Å². The van der Waals surface area contributed by atoms with Crippen LogP contribution >= 0.6 is 0 Å². The Labute approximate surface area is 93.6 Å². The summed E-state index contributed by atoms with van der Waals surface area (Å²) in [7, 11) is 0. The third-order valence-electron chi connectivity index (χ3n) is 2.71. The van der Waals surface area contributed by atoms with E-state index >= 15 is 0 Å². The zero-order valence-corrected chi connectivity index (χ0v) is 9.17. The number of hydrogen-bond donors (Lipinski definition) is 1. The van der Waals surface area contributed by atoms with E-state index in [4.69, 9.17) is 4.74 Å². The molecule has 1 aromatic rings. The van der Waals surface area contributed by atoms with Crippen molar-refractivity contribution in [2.24, 2.45) is 5.92 Å². The first-order valence-electron chi connectivity index (χ1n) is 5.44. The highest BCUT2D eigenvalue weighted by Gasteiger charge is 2.20. The minimum absolute atomic E-state index is 0.328. The van der Waals surface area contributed by atoms with Gasteiger partial charge in [-0.25, -0.2) is 8.78 Å². The van der Waals surface area contributed by atoms with Crippen molar-refractivity contribution in [2.75, 3.05) is 19.7 Å². The molecule has 0 aromatic heterocycles. The van der Waals surface area contributed by atoms with E-state index in [-0.39, 0.29) is 6.10 Å². The Balaban J connectivity index is 2.16. The smallest absolute Gasteiger partial charge is 0.131 e. The highest BCUT2D eigenvalue weighted by Crippen LogP contribution is 2.23. The first-order chi connectivity index (χ1) is 7.66. The molecule has 0 bridgehead atoms. The maximum atomic E-state index is 13.5. The number of rotatable bonds is 1. The standard InChI is InChI=1S/C12H15F2NO/c1-8-5-15-6-12(16-7-8)10-3-2-9(13)4-11(10)14/h2-4,8,12,15H,5-7H2,1H3. The Bertz CT molecular complexity index is 370. The topological polar surface area (TPSA) is 21.3 Å². The molecule has 1 fully saturated rings. The molecule has 1 aromatic carbocycles. The molecular formula is C12H15F2NO. The maximum absolute atomic E-state index is 13.5. The van der Waals surface area contributed by atoms with Crippen LogP contribution in [0.15, 0.2) is 18.2 Å². The number of halogens is 2. The second kappa shape index (κ2) is 4.89. The van der Waals surface area contributed by atoms with Gasteiger partial charge in [0.2, 0.25) is 0 Å². The SMILES string of the molecule is CC1CNCC(c2ccc(F)cc2F)OC1. The third kappa shape index (κ3) is 2.57. The van der Waals surface area contributed by atoms with Crippen molar-refractivity contribution in [3.8, 4) is 0 Å². The maximum Gasteiger partial charge on any atom is 0.131 e. The predicted molar refractivity (Wildman–Crippen MR) is 57.1 cm³/mol. The molecule has 4 heteroatoms. The second-order valence-corrected chi connectivity index (χ2v) is 4.25. The molecule has 1 aliphatic rings. The summed E-state index contributed by atoms with van der Waals surface area (Å²) >= 11 is 0. The summed E-state index contributed by atoms with van der Waals surface area (Å²) in [5, 5.41) is 3.20. The first-order valence-corrected chi connectivity index (χ1v) is 5.44. The molecule has 2 nitrogen and oxygen atoms in total. The lowest BCUT2D eigenvalue weighted by molar-refractivity contribution is 0.0492. The van der Waals surface area contributed by atoms with Gasteiger partial charge in [0.15, 0.2) is 0 Å². The largest absolute Gasteiger partial charge is 0.372 e. The van der Waals surface area contributed by atoms with Crippen molar-refractivity contribution in [3.63, 3.8) is 0 Å². The van der Waals surface area contributed by atoms with Crippen molar-refractivity contribution in [3.05, 3.63) is 35.4 Å². The lowest BCUT2D eigenvalue weighted by Crippen LogP contribution is -2.22. The summed E-state index contributed by atoms with van der Waals surface area (Å²) in [6, 6.07) is 3.61. The average Bonchev–Trinajstić information content (AvgIpc) is 2.43. The predicted octanol–water partition coefficient (Wildman–Crippen LogP) is 2.26. The molecule has 2 rings (SSSR count). The van der Waals surface area contributed by atoms with Crippen molar-refractivity contribution >= 4 is 0 Å². The quantitative estimate of drug-likeness (QED) is 0.794. The van der Waals surface area contributed by atoms with E-state index in [2.05, 4.69) is 12.2 Å². The summed E-state index contributed by atoms with van der Waals surface area (Å²) in [6.45, 7) is 4.08. The third-order valence-corrected chi connectivity index (χ3v) is 2.71. The van der Waals surface area contributed by atoms with E-state index in [1.54, 1.807) is 0 Å². The van der Waals surface area contributed by atoms with Crippen molar-refractivity contribution in [1.82, 2.24) is 5.32 Å². The number of hydrogen-bond acceptors (Lipinski definition) is 2. The Kier molecular flexibility index (Phi) is 3.51.